The minimum Gasteiger partial charge on any atom is -0.379 e. The van der Waals surface area contributed by atoms with Crippen molar-refractivity contribution in [2.75, 3.05) is 78.9 Å². The highest BCUT2D eigenvalue weighted by Gasteiger charge is 2.41. The zero-order valence-corrected chi connectivity index (χ0v) is 21.2. The van der Waals surface area contributed by atoms with Crippen molar-refractivity contribution >= 4 is 45.7 Å². The Labute approximate surface area is 192 Å². The molecule has 170 valence electrons. The molecule has 0 aromatic heterocycles. The molecule has 29 heavy (non-hydrogen) atoms. The highest BCUT2D eigenvalue weighted by Crippen LogP contribution is 2.23. The number of carbonyl (C=O) groups excluding carboxylic acids is 1. The maximum absolute atomic E-state index is 12.3. The van der Waals surface area contributed by atoms with E-state index >= 15 is 0 Å². The van der Waals surface area contributed by atoms with E-state index in [0.717, 1.165) is 45.8 Å². The second-order valence-corrected chi connectivity index (χ2v) is 10.9. The maximum atomic E-state index is 12.3. The maximum Gasteiger partial charge on any atom is 0.243 e. The number of aliphatic imine (C=N–C) groups is 1. The van der Waals surface area contributed by atoms with E-state index in [1.165, 1.54) is 4.90 Å². The minimum absolute atomic E-state index is 0. The van der Waals surface area contributed by atoms with Crippen LogP contribution in [0.1, 0.15) is 20.3 Å². The molecule has 0 saturated carbocycles. The summed E-state index contributed by atoms with van der Waals surface area (Å²) < 4.78 is 29.1. The Hall–Kier alpha value is -0.660. The van der Waals surface area contributed by atoms with Gasteiger partial charge in [-0.15, -0.1) is 24.0 Å². The number of halogens is 1. The number of hydrogen-bond acceptors (Lipinski definition) is 6. The topological polar surface area (TPSA) is 94.6 Å². The van der Waals surface area contributed by atoms with Gasteiger partial charge in [-0.1, -0.05) is 0 Å². The average Bonchev–Trinajstić information content (AvgIpc) is 2.64. The van der Waals surface area contributed by atoms with Crippen LogP contribution >= 0.6 is 24.0 Å². The standard InChI is InChI=1S/C18H35N5O4S.HI/c1-18(2)15-23(10-13-28(18,25)26)17(20-14-16(24)21(3)4)19-6-5-7-22-8-11-27-12-9-22;/h5-15H2,1-4H3,(H,19,20);1H. The number of likely N-dealkylation sites (N-methyl/N-ethyl adjacent to an activating group) is 1. The summed E-state index contributed by atoms with van der Waals surface area (Å²) in [6, 6.07) is 0. The number of hydrogen-bond donors (Lipinski definition) is 1. The first-order valence-electron chi connectivity index (χ1n) is 9.88. The van der Waals surface area contributed by atoms with Crippen LogP contribution in [0.2, 0.25) is 0 Å². The van der Waals surface area contributed by atoms with Crippen molar-refractivity contribution < 1.29 is 17.9 Å². The molecule has 9 nitrogen and oxygen atoms in total. The van der Waals surface area contributed by atoms with Gasteiger partial charge in [-0.3, -0.25) is 9.69 Å². The van der Waals surface area contributed by atoms with Crippen LogP contribution in [0.4, 0.5) is 0 Å². The molecule has 0 radical (unpaired) electrons. The van der Waals surface area contributed by atoms with Gasteiger partial charge in [0.05, 0.1) is 23.7 Å². The van der Waals surface area contributed by atoms with Gasteiger partial charge in [0.25, 0.3) is 0 Å². The normalized spacial score (nSPS) is 21.9. The molecule has 2 aliphatic heterocycles. The summed E-state index contributed by atoms with van der Waals surface area (Å²) in [7, 11) is 0.267. The summed E-state index contributed by atoms with van der Waals surface area (Å²) >= 11 is 0. The lowest BCUT2D eigenvalue weighted by Crippen LogP contribution is -2.57. The van der Waals surface area contributed by atoms with Gasteiger partial charge in [-0.25, -0.2) is 13.4 Å². The van der Waals surface area contributed by atoms with Crippen molar-refractivity contribution in [2.45, 2.75) is 25.0 Å². The van der Waals surface area contributed by atoms with E-state index < -0.39 is 14.6 Å². The third kappa shape index (κ3) is 7.83. The molecule has 0 aromatic rings. The number of rotatable bonds is 6. The van der Waals surface area contributed by atoms with E-state index in [-0.39, 0.29) is 42.2 Å². The predicted octanol–water partition coefficient (Wildman–Crippen LogP) is -0.130. The molecule has 0 aromatic carbocycles. The number of morpholine rings is 1. The van der Waals surface area contributed by atoms with Crippen molar-refractivity contribution in [3.8, 4) is 0 Å². The van der Waals surface area contributed by atoms with E-state index in [9.17, 15) is 13.2 Å². The highest BCUT2D eigenvalue weighted by atomic mass is 127. The number of ether oxygens (including phenoxy) is 1. The Kier molecular flexibility index (Phi) is 10.6. The zero-order valence-electron chi connectivity index (χ0n) is 18.0. The first-order chi connectivity index (χ1) is 13.1. The van der Waals surface area contributed by atoms with Crippen LogP contribution in [0.25, 0.3) is 0 Å². The molecule has 2 rings (SSSR count). The lowest BCUT2D eigenvalue weighted by atomic mass is 10.2. The molecular formula is C18H36IN5O4S. The minimum atomic E-state index is -3.13. The number of amides is 1. The number of sulfone groups is 1. The fraction of sp³-hybridized carbons (Fsp3) is 0.889. The van der Waals surface area contributed by atoms with Gasteiger partial charge in [0.1, 0.15) is 6.54 Å². The van der Waals surface area contributed by atoms with Crippen LogP contribution in [0, 0.1) is 0 Å². The van der Waals surface area contributed by atoms with Gasteiger partial charge >= 0.3 is 0 Å². The Morgan fingerprint density at radius 2 is 1.86 bits per heavy atom. The van der Waals surface area contributed by atoms with E-state index in [1.807, 2.05) is 4.90 Å². The van der Waals surface area contributed by atoms with Crippen LogP contribution in [-0.4, -0.2) is 119 Å². The van der Waals surface area contributed by atoms with Gasteiger partial charge in [-0.05, 0) is 26.8 Å². The summed E-state index contributed by atoms with van der Waals surface area (Å²) in [6.07, 6.45) is 0.941. The van der Waals surface area contributed by atoms with Crippen LogP contribution < -0.4 is 5.32 Å². The van der Waals surface area contributed by atoms with E-state index in [0.29, 0.717) is 19.0 Å². The number of nitrogens with one attached hydrogen (secondary N) is 1. The van der Waals surface area contributed by atoms with E-state index in [4.69, 9.17) is 4.74 Å². The van der Waals surface area contributed by atoms with Gasteiger partial charge in [0.15, 0.2) is 15.8 Å². The Balaban J connectivity index is 0.00000420. The fourth-order valence-electron chi connectivity index (χ4n) is 3.20. The molecule has 1 N–H and O–H groups in total. The highest BCUT2D eigenvalue weighted by molar-refractivity contribution is 14.0. The summed E-state index contributed by atoms with van der Waals surface area (Å²) in [5.41, 5.74) is 0. The SMILES string of the molecule is CN(C)C(=O)CN=C(NCCCN1CCOCC1)N1CCS(=O)(=O)C(C)(C)C1.I. The summed E-state index contributed by atoms with van der Waals surface area (Å²) in [5, 5.41) is 3.34. The molecule has 0 spiro atoms. The van der Waals surface area contributed by atoms with Crippen LogP contribution in [0.3, 0.4) is 0 Å². The van der Waals surface area contributed by atoms with Crippen molar-refractivity contribution in [3.05, 3.63) is 0 Å². The molecule has 0 aliphatic carbocycles. The molecule has 11 heteroatoms. The van der Waals surface area contributed by atoms with E-state index in [2.05, 4.69) is 15.2 Å². The first kappa shape index (κ1) is 26.4. The molecule has 0 atom stereocenters. The van der Waals surface area contributed by atoms with Crippen molar-refractivity contribution in [2.24, 2.45) is 4.99 Å². The average molecular weight is 545 g/mol. The molecule has 2 heterocycles. The van der Waals surface area contributed by atoms with Gasteiger partial charge < -0.3 is 19.9 Å². The number of guanidine groups is 1. The van der Waals surface area contributed by atoms with Crippen molar-refractivity contribution in [1.29, 1.82) is 0 Å². The molecule has 0 bridgehead atoms. The summed E-state index contributed by atoms with van der Waals surface area (Å²) in [5.74, 6) is 0.618. The number of nitrogens with zero attached hydrogens (tertiary/aromatic N) is 4. The number of carbonyl (C=O) groups is 1. The zero-order chi connectivity index (χ0) is 20.8. The predicted molar refractivity (Wildman–Crippen MR) is 126 cm³/mol. The quantitative estimate of drug-likeness (QED) is 0.215. The monoisotopic (exact) mass is 545 g/mol. The molecular weight excluding hydrogens is 509 g/mol. The Bertz CT molecular complexity index is 663. The Morgan fingerprint density at radius 3 is 2.45 bits per heavy atom. The van der Waals surface area contributed by atoms with Gasteiger partial charge in [0.2, 0.25) is 5.91 Å². The molecule has 1 amide bonds. The third-order valence-corrected chi connectivity index (χ3v) is 7.78. The second kappa shape index (κ2) is 11.7. The lowest BCUT2D eigenvalue weighted by molar-refractivity contribution is -0.127. The Morgan fingerprint density at radius 1 is 1.21 bits per heavy atom. The third-order valence-electron chi connectivity index (χ3n) is 5.24. The van der Waals surface area contributed by atoms with Crippen molar-refractivity contribution in [3.63, 3.8) is 0 Å². The van der Waals surface area contributed by atoms with Gasteiger partial charge in [-0.2, -0.15) is 0 Å². The first-order valence-corrected chi connectivity index (χ1v) is 11.5. The van der Waals surface area contributed by atoms with Crippen molar-refractivity contribution in [1.82, 2.24) is 20.0 Å². The smallest absolute Gasteiger partial charge is 0.243 e. The summed E-state index contributed by atoms with van der Waals surface area (Å²) in [6.45, 7) is 9.45. The molecule has 2 fully saturated rings. The van der Waals surface area contributed by atoms with Crippen LogP contribution in [0.5, 0.6) is 0 Å². The molecule has 2 aliphatic rings. The summed E-state index contributed by atoms with van der Waals surface area (Å²) in [4.78, 5) is 22.3. The van der Waals surface area contributed by atoms with Gasteiger partial charge in [0, 0.05) is 46.8 Å². The molecule has 0 unspecified atom stereocenters. The van der Waals surface area contributed by atoms with Crippen LogP contribution in [-0.2, 0) is 19.4 Å². The second-order valence-electron chi connectivity index (χ2n) is 8.16. The largest absolute Gasteiger partial charge is 0.379 e. The lowest BCUT2D eigenvalue weighted by Gasteiger charge is -2.39. The molecule has 2 saturated heterocycles. The van der Waals surface area contributed by atoms with Crippen LogP contribution in [0.15, 0.2) is 4.99 Å². The van der Waals surface area contributed by atoms with E-state index in [1.54, 1.807) is 27.9 Å². The fourth-order valence-corrected chi connectivity index (χ4v) is 4.57.